The van der Waals surface area contributed by atoms with E-state index in [-0.39, 0.29) is 0 Å². The Balaban J connectivity index is 2.37. The van der Waals surface area contributed by atoms with Gasteiger partial charge in [-0.15, -0.1) is 0 Å². The molecular weight excluding hydrogens is 306 g/mol. The molecule has 0 fully saturated rings. The fourth-order valence-corrected chi connectivity index (χ4v) is 2.33. The van der Waals surface area contributed by atoms with Gasteiger partial charge in [0.1, 0.15) is 0 Å². The van der Waals surface area contributed by atoms with Crippen LogP contribution in [-0.4, -0.2) is 24.8 Å². The molecule has 0 unspecified atom stereocenters. The molecule has 0 amide bonds. The second-order valence-corrected chi connectivity index (χ2v) is 5.95. The van der Waals surface area contributed by atoms with Gasteiger partial charge < -0.3 is 4.90 Å². The zero-order chi connectivity index (χ0) is 16.8. The van der Waals surface area contributed by atoms with E-state index in [2.05, 4.69) is 18.0 Å². The zero-order valence-corrected chi connectivity index (χ0v) is 14.4. The summed E-state index contributed by atoms with van der Waals surface area (Å²) in [4.78, 5) is 6.53. The van der Waals surface area contributed by atoms with Crippen LogP contribution in [-0.2, 0) is 6.42 Å². The van der Waals surface area contributed by atoms with Crippen LogP contribution >= 0.6 is 11.6 Å². The van der Waals surface area contributed by atoms with E-state index in [1.807, 2.05) is 55.3 Å². The van der Waals surface area contributed by atoms with Gasteiger partial charge in [0.15, 0.2) is 0 Å². The molecule has 0 saturated carbocycles. The minimum absolute atomic E-state index is 0.630. The van der Waals surface area contributed by atoms with Gasteiger partial charge in [-0.2, -0.15) is 5.26 Å². The third kappa shape index (κ3) is 4.58. The molecule has 23 heavy (non-hydrogen) atoms. The molecule has 0 spiro atoms. The first-order valence-corrected chi connectivity index (χ1v) is 7.93. The molecule has 0 saturated heterocycles. The van der Waals surface area contributed by atoms with E-state index in [4.69, 9.17) is 11.6 Å². The van der Waals surface area contributed by atoms with Crippen molar-refractivity contribution >= 4 is 23.6 Å². The van der Waals surface area contributed by atoms with Crippen molar-refractivity contribution in [2.45, 2.75) is 20.3 Å². The third-order valence-corrected chi connectivity index (χ3v) is 4.07. The molecule has 0 aliphatic heterocycles. The molecule has 0 heterocycles. The Bertz CT molecular complexity index is 742. The normalized spacial score (nSPS) is 10.7. The number of hydrogen-bond donors (Lipinski definition) is 0. The van der Waals surface area contributed by atoms with Gasteiger partial charge in [0.2, 0.25) is 0 Å². The first-order chi connectivity index (χ1) is 11.0. The molecule has 2 aromatic carbocycles. The Morgan fingerprint density at radius 1 is 1.26 bits per heavy atom. The van der Waals surface area contributed by atoms with Gasteiger partial charge in [-0.05, 0) is 61.2 Å². The lowest BCUT2D eigenvalue weighted by Gasteiger charge is -2.12. The van der Waals surface area contributed by atoms with Crippen molar-refractivity contribution in [2.75, 3.05) is 13.6 Å². The standard InChI is InChI=1S/C19H20ClN3/c1-4-23(3)13-22-19-11-16(12-21)10-17(14(19)2)9-15-5-7-18(20)8-6-15/h5-8,10-11,13H,4,9H2,1-3H3. The second-order valence-electron chi connectivity index (χ2n) is 5.51. The first kappa shape index (κ1) is 17.1. The minimum Gasteiger partial charge on any atom is -0.366 e. The van der Waals surface area contributed by atoms with Gasteiger partial charge in [0, 0.05) is 18.6 Å². The average Bonchev–Trinajstić information content (AvgIpc) is 2.57. The number of hydrogen-bond acceptors (Lipinski definition) is 2. The fraction of sp³-hybridized carbons (Fsp3) is 0.263. The van der Waals surface area contributed by atoms with E-state index in [0.29, 0.717) is 5.56 Å². The second kappa shape index (κ2) is 7.80. The van der Waals surface area contributed by atoms with E-state index < -0.39 is 0 Å². The Morgan fingerprint density at radius 2 is 1.96 bits per heavy atom. The number of benzene rings is 2. The fourth-order valence-electron chi connectivity index (χ4n) is 2.20. The van der Waals surface area contributed by atoms with Gasteiger partial charge in [0.05, 0.1) is 23.7 Å². The maximum absolute atomic E-state index is 9.27. The summed E-state index contributed by atoms with van der Waals surface area (Å²) in [5, 5.41) is 10.00. The average molecular weight is 326 g/mol. The molecule has 0 N–H and O–H groups in total. The van der Waals surface area contributed by atoms with Crippen LogP contribution in [0.3, 0.4) is 0 Å². The Morgan fingerprint density at radius 3 is 2.57 bits per heavy atom. The van der Waals surface area contributed by atoms with Crippen molar-refractivity contribution < 1.29 is 0 Å². The molecule has 0 aromatic heterocycles. The van der Waals surface area contributed by atoms with Gasteiger partial charge in [0.25, 0.3) is 0 Å². The lowest BCUT2D eigenvalue weighted by molar-refractivity contribution is 0.552. The van der Waals surface area contributed by atoms with Gasteiger partial charge in [-0.1, -0.05) is 23.7 Å². The summed E-state index contributed by atoms with van der Waals surface area (Å²) < 4.78 is 0. The summed E-state index contributed by atoms with van der Waals surface area (Å²) in [5.41, 5.74) is 4.84. The Kier molecular flexibility index (Phi) is 5.78. The molecule has 3 nitrogen and oxygen atoms in total. The van der Waals surface area contributed by atoms with Gasteiger partial charge in [-0.25, -0.2) is 4.99 Å². The van der Waals surface area contributed by atoms with Crippen LogP contribution in [0.2, 0.25) is 5.02 Å². The highest BCUT2D eigenvalue weighted by Crippen LogP contribution is 2.26. The number of nitriles is 1. The summed E-state index contributed by atoms with van der Waals surface area (Å²) in [7, 11) is 1.97. The van der Waals surface area contributed by atoms with Crippen molar-refractivity contribution in [1.29, 1.82) is 5.26 Å². The first-order valence-electron chi connectivity index (χ1n) is 7.56. The van der Waals surface area contributed by atoms with Gasteiger partial charge in [-0.3, -0.25) is 0 Å². The molecular formula is C19H20ClN3. The van der Waals surface area contributed by atoms with Crippen LogP contribution in [0.15, 0.2) is 41.4 Å². The van der Waals surface area contributed by atoms with Crippen LogP contribution in [0.1, 0.15) is 29.2 Å². The van der Waals surface area contributed by atoms with Crippen LogP contribution < -0.4 is 0 Å². The molecule has 2 aromatic rings. The number of rotatable bonds is 5. The van der Waals surface area contributed by atoms with Crippen molar-refractivity contribution in [3.05, 3.63) is 63.7 Å². The number of aliphatic imine (C=N–C) groups is 1. The summed E-state index contributed by atoms with van der Waals surface area (Å²) in [6.45, 7) is 5.00. The van der Waals surface area contributed by atoms with E-state index in [0.717, 1.165) is 40.4 Å². The van der Waals surface area contributed by atoms with Crippen LogP contribution in [0, 0.1) is 18.3 Å². The summed E-state index contributed by atoms with van der Waals surface area (Å²) in [6, 6.07) is 13.8. The molecule has 2 rings (SSSR count). The van der Waals surface area contributed by atoms with E-state index in [1.54, 1.807) is 6.34 Å². The summed E-state index contributed by atoms with van der Waals surface area (Å²) in [6.07, 6.45) is 2.56. The van der Waals surface area contributed by atoms with Crippen LogP contribution in [0.4, 0.5) is 5.69 Å². The lowest BCUT2D eigenvalue weighted by atomic mass is 9.97. The molecule has 0 atom stereocenters. The Hall–Kier alpha value is -2.31. The lowest BCUT2D eigenvalue weighted by Crippen LogP contribution is -2.14. The maximum atomic E-state index is 9.27. The molecule has 0 aliphatic rings. The highest BCUT2D eigenvalue weighted by atomic mass is 35.5. The molecule has 0 aliphatic carbocycles. The van der Waals surface area contributed by atoms with E-state index >= 15 is 0 Å². The number of nitrogens with zero attached hydrogens (tertiary/aromatic N) is 3. The van der Waals surface area contributed by atoms with Crippen LogP contribution in [0.5, 0.6) is 0 Å². The van der Waals surface area contributed by atoms with Crippen molar-refractivity contribution in [3.63, 3.8) is 0 Å². The zero-order valence-electron chi connectivity index (χ0n) is 13.7. The highest BCUT2D eigenvalue weighted by Gasteiger charge is 2.08. The molecule has 0 radical (unpaired) electrons. The summed E-state index contributed by atoms with van der Waals surface area (Å²) >= 11 is 5.94. The third-order valence-electron chi connectivity index (χ3n) is 3.82. The summed E-state index contributed by atoms with van der Waals surface area (Å²) in [5.74, 6) is 0. The largest absolute Gasteiger partial charge is 0.366 e. The topological polar surface area (TPSA) is 39.4 Å². The highest BCUT2D eigenvalue weighted by molar-refractivity contribution is 6.30. The minimum atomic E-state index is 0.630. The smallest absolute Gasteiger partial charge is 0.0992 e. The monoisotopic (exact) mass is 325 g/mol. The van der Waals surface area contributed by atoms with E-state index in [1.165, 1.54) is 0 Å². The van der Waals surface area contributed by atoms with Crippen molar-refractivity contribution in [3.8, 4) is 6.07 Å². The number of halogens is 1. The SMILES string of the molecule is CCN(C)C=Nc1cc(C#N)cc(Cc2ccc(Cl)cc2)c1C. The molecule has 118 valence electrons. The van der Waals surface area contributed by atoms with Crippen molar-refractivity contribution in [2.24, 2.45) is 4.99 Å². The van der Waals surface area contributed by atoms with E-state index in [9.17, 15) is 5.26 Å². The van der Waals surface area contributed by atoms with Crippen LogP contribution in [0.25, 0.3) is 0 Å². The quantitative estimate of drug-likeness (QED) is 0.589. The predicted molar refractivity (Wildman–Crippen MR) is 96.6 cm³/mol. The van der Waals surface area contributed by atoms with Crippen molar-refractivity contribution in [1.82, 2.24) is 4.90 Å². The molecule has 4 heteroatoms. The van der Waals surface area contributed by atoms with Gasteiger partial charge >= 0.3 is 0 Å². The maximum Gasteiger partial charge on any atom is 0.0992 e. The predicted octanol–water partition coefficient (Wildman–Crippen LogP) is 4.72. The Labute approximate surface area is 142 Å². The molecule has 0 bridgehead atoms.